The Morgan fingerprint density at radius 1 is 1.33 bits per heavy atom. The molecule has 0 bridgehead atoms. The molecular formula is C14H16BrNOS. The molecule has 0 radical (unpaired) electrons. The maximum Gasteiger partial charge on any atom is 0.119 e. The van der Waals surface area contributed by atoms with Crippen LogP contribution in [0.3, 0.4) is 0 Å². The van der Waals surface area contributed by atoms with Gasteiger partial charge in [-0.2, -0.15) is 0 Å². The van der Waals surface area contributed by atoms with Gasteiger partial charge in [-0.05, 0) is 42.3 Å². The lowest BCUT2D eigenvalue weighted by Crippen LogP contribution is -2.06. The quantitative estimate of drug-likeness (QED) is 0.871. The highest BCUT2D eigenvalue weighted by Gasteiger charge is 2.02. The van der Waals surface area contributed by atoms with E-state index in [1.165, 1.54) is 10.4 Å². The molecule has 2 rings (SSSR count). The van der Waals surface area contributed by atoms with Crippen LogP contribution in [-0.4, -0.2) is 13.7 Å². The fraction of sp³-hybridized carbons (Fsp3) is 0.286. The molecule has 2 nitrogen and oxygen atoms in total. The van der Waals surface area contributed by atoms with Crippen LogP contribution in [0.2, 0.25) is 0 Å². The number of nitrogens with one attached hydrogen (secondary N) is 1. The van der Waals surface area contributed by atoms with E-state index in [-0.39, 0.29) is 0 Å². The van der Waals surface area contributed by atoms with E-state index in [0.717, 1.165) is 29.8 Å². The maximum atomic E-state index is 5.78. The van der Waals surface area contributed by atoms with Crippen LogP contribution in [0.5, 0.6) is 5.75 Å². The molecule has 0 aliphatic heterocycles. The van der Waals surface area contributed by atoms with Crippen molar-refractivity contribution in [2.45, 2.75) is 13.0 Å². The third-order valence-corrected chi connectivity index (χ3v) is 4.29. The third kappa shape index (κ3) is 3.83. The van der Waals surface area contributed by atoms with Gasteiger partial charge in [-0.1, -0.05) is 22.0 Å². The molecule has 0 atom stereocenters. The molecule has 1 N–H and O–H groups in total. The van der Waals surface area contributed by atoms with E-state index >= 15 is 0 Å². The van der Waals surface area contributed by atoms with Gasteiger partial charge in [-0.25, -0.2) is 0 Å². The van der Waals surface area contributed by atoms with E-state index in [2.05, 4.69) is 44.8 Å². The summed E-state index contributed by atoms with van der Waals surface area (Å²) < 4.78 is 6.89. The summed E-state index contributed by atoms with van der Waals surface area (Å²) >= 11 is 5.31. The summed E-state index contributed by atoms with van der Waals surface area (Å²) in [5.74, 6) is 0.931. The number of hydrogen-bond acceptors (Lipinski definition) is 3. The van der Waals surface area contributed by atoms with Crippen LogP contribution in [0.4, 0.5) is 0 Å². The Labute approximate surface area is 120 Å². The molecule has 1 heterocycles. The zero-order chi connectivity index (χ0) is 12.8. The van der Waals surface area contributed by atoms with E-state index in [0.29, 0.717) is 0 Å². The van der Waals surface area contributed by atoms with Crippen molar-refractivity contribution in [1.82, 2.24) is 5.32 Å². The van der Waals surface area contributed by atoms with Crippen molar-refractivity contribution < 1.29 is 4.74 Å². The molecule has 96 valence electrons. The van der Waals surface area contributed by atoms with Crippen molar-refractivity contribution in [3.05, 3.63) is 50.6 Å². The summed E-state index contributed by atoms with van der Waals surface area (Å²) in [4.78, 5) is 1.36. The molecule has 0 amide bonds. The molecule has 0 fully saturated rings. The Morgan fingerprint density at radius 2 is 2.22 bits per heavy atom. The zero-order valence-electron chi connectivity index (χ0n) is 10.3. The van der Waals surface area contributed by atoms with Gasteiger partial charge in [-0.3, -0.25) is 0 Å². The Balaban J connectivity index is 1.90. The average Bonchev–Trinajstić information content (AvgIpc) is 2.87. The lowest BCUT2D eigenvalue weighted by molar-refractivity contribution is 0.322. The van der Waals surface area contributed by atoms with Crippen molar-refractivity contribution in [3.8, 4) is 5.75 Å². The smallest absolute Gasteiger partial charge is 0.119 e. The fourth-order valence-corrected chi connectivity index (χ4v) is 2.77. The third-order valence-electron chi connectivity index (χ3n) is 2.58. The Bertz CT molecular complexity index is 485. The second kappa shape index (κ2) is 6.92. The minimum atomic E-state index is 0.723. The SMILES string of the molecule is CNCc1cc(OCCc2cccs2)ccc1Br. The van der Waals surface area contributed by atoms with Crippen LogP contribution in [0.1, 0.15) is 10.4 Å². The second-order valence-corrected chi connectivity index (χ2v) is 5.85. The van der Waals surface area contributed by atoms with Gasteiger partial charge in [0.2, 0.25) is 0 Å². The molecule has 0 spiro atoms. The number of thiophene rings is 1. The highest BCUT2D eigenvalue weighted by molar-refractivity contribution is 9.10. The standard InChI is InChI=1S/C14H16BrNOS/c1-16-10-11-9-12(4-5-14(11)15)17-7-6-13-3-2-8-18-13/h2-5,8-9,16H,6-7,10H2,1H3. The fourth-order valence-electron chi connectivity index (χ4n) is 1.69. The van der Waals surface area contributed by atoms with Crippen LogP contribution >= 0.6 is 27.3 Å². The lowest BCUT2D eigenvalue weighted by Gasteiger charge is -2.09. The highest BCUT2D eigenvalue weighted by atomic mass is 79.9. The minimum absolute atomic E-state index is 0.723. The van der Waals surface area contributed by atoms with E-state index in [1.807, 2.05) is 19.2 Å². The number of halogens is 1. The molecule has 0 aliphatic rings. The Morgan fingerprint density at radius 3 is 2.94 bits per heavy atom. The molecular weight excluding hydrogens is 310 g/mol. The molecule has 18 heavy (non-hydrogen) atoms. The predicted octanol–water partition coefficient (Wildman–Crippen LogP) is 3.85. The molecule has 4 heteroatoms. The van der Waals surface area contributed by atoms with Crippen LogP contribution in [0.25, 0.3) is 0 Å². The molecule has 0 saturated heterocycles. The average molecular weight is 326 g/mol. The van der Waals surface area contributed by atoms with Gasteiger partial charge >= 0.3 is 0 Å². The monoisotopic (exact) mass is 325 g/mol. The first-order valence-electron chi connectivity index (χ1n) is 5.88. The van der Waals surface area contributed by atoms with Crippen molar-refractivity contribution in [2.24, 2.45) is 0 Å². The molecule has 2 aromatic rings. The van der Waals surface area contributed by atoms with Gasteiger partial charge in [0.15, 0.2) is 0 Å². The first-order chi connectivity index (χ1) is 8.79. The molecule has 1 aromatic heterocycles. The van der Waals surface area contributed by atoms with Gasteiger partial charge in [0, 0.05) is 22.3 Å². The van der Waals surface area contributed by atoms with Gasteiger partial charge in [0.05, 0.1) is 6.61 Å². The van der Waals surface area contributed by atoms with Crippen LogP contribution in [-0.2, 0) is 13.0 Å². The second-order valence-electron chi connectivity index (χ2n) is 3.96. The molecule has 1 aromatic carbocycles. The van der Waals surface area contributed by atoms with E-state index in [1.54, 1.807) is 11.3 Å². The lowest BCUT2D eigenvalue weighted by atomic mass is 10.2. The largest absolute Gasteiger partial charge is 0.493 e. The van der Waals surface area contributed by atoms with Crippen LogP contribution < -0.4 is 10.1 Å². The Hall–Kier alpha value is -0.840. The van der Waals surface area contributed by atoms with Gasteiger partial charge < -0.3 is 10.1 Å². The van der Waals surface area contributed by atoms with Crippen LogP contribution in [0.15, 0.2) is 40.2 Å². The summed E-state index contributed by atoms with van der Waals surface area (Å²) in [6.45, 7) is 1.56. The normalized spacial score (nSPS) is 10.6. The first kappa shape index (κ1) is 13.6. The summed E-state index contributed by atoms with van der Waals surface area (Å²) in [6.07, 6.45) is 0.967. The summed E-state index contributed by atoms with van der Waals surface area (Å²) in [5, 5.41) is 5.24. The Kier molecular flexibility index (Phi) is 5.23. The molecule has 0 unspecified atom stereocenters. The molecule has 0 saturated carbocycles. The highest BCUT2D eigenvalue weighted by Crippen LogP contribution is 2.22. The number of ether oxygens (including phenoxy) is 1. The topological polar surface area (TPSA) is 21.3 Å². The first-order valence-corrected chi connectivity index (χ1v) is 7.55. The predicted molar refractivity (Wildman–Crippen MR) is 80.4 cm³/mol. The number of rotatable bonds is 6. The van der Waals surface area contributed by atoms with Gasteiger partial charge in [0.25, 0.3) is 0 Å². The van der Waals surface area contributed by atoms with Crippen molar-refractivity contribution in [2.75, 3.05) is 13.7 Å². The summed E-state index contributed by atoms with van der Waals surface area (Å²) in [7, 11) is 1.94. The van der Waals surface area contributed by atoms with Gasteiger partial charge in [0.1, 0.15) is 5.75 Å². The van der Waals surface area contributed by atoms with Crippen LogP contribution in [0, 0.1) is 0 Å². The van der Waals surface area contributed by atoms with Crippen molar-refractivity contribution in [3.63, 3.8) is 0 Å². The van der Waals surface area contributed by atoms with E-state index < -0.39 is 0 Å². The molecule has 0 aliphatic carbocycles. The minimum Gasteiger partial charge on any atom is -0.493 e. The van der Waals surface area contributed by atoms with Crippen molar-refractivity contribution >= 4 is 27.3 Å². The van der Waals surface area contributed by atoms with E-state index in [9.17, 15) is 0 Å². The van der Waals surface area contributed by atoms with Gasteiger partial charge in [-0.15, -0.1) is 11.3 Å². The number of benzene rings is 1. The van der Waals surface area contributed by atoms with E-state index in [4.69, 9.17) is 4.74 Å². The number of hydrogen-bond donors (Lipinski definition) is 1. The summed E-state index contributed by atoms with van der Waals surface area (Å²) in [5.41, 5.74) is 1.21. The maximum absolute atomic E-state index is 5.78. The zero-order valence-corrected chi connectivity index (χ0v) is 12.7. The van der Waals surface area contributed by atoms with Crippen molar-refractivity contribution in [1.29, 1.82) is 0 Å². The summed E-state index contributed by atoms with van der Waals surface area (Å²) in [6, 6.07) is 10.3.